The predicted octanol–water partition coefficient (Wildman–Crippen LogP) is 6.21. The molecule has 0 aromatic heterocycles. The quantitative estimate of drug-likeness (QED) is 0.590. The molecule has 0 atom stereocenters. The highest BCUT2D eigenvalue weighted by Crippen LogP contribution is 2.36. The summed E-state index contributed by atoms with van der Waals surface area (Å²) in [5, 5.41) is 0.961. The lowest BCUT2D eigenvalue weighted by atomic mass is 10.1. The molecule has 2 aromatic carbocycles. The highest BCUT2D eigenvalue weighted by molar-refractivity contribution is 6.44. The van der Waals surface area contributed by atoms with Crippen LogP contribution in [0, 0.1) is 0 Å². The van der Waals surface area contributed by atoms with Gasteiger partial charge in [-0.3, -0.25) is 0 Å². The molecule has 0 amide bonds. The van der Waals surface area contributed by atoms with Gasteiger partial charge in [-0.15, -0.1) is 13.2 Å². The second kappa shape index (κ2) is 5.72. The van der Waals surface area contributed by atoms with E-state index in [0.717, 1.165) is 0 Å². The minimum Gasteiger partial charge on any atom is -0.406 e. The molecule has 0 saturated carbocycles. The zero-order valence-electron chi connectivity index (χ0n) is 9.64. The van der Waals surface area contributed by atoms with Crippen LogP contribution in [0.1, 0.15) is 0 Å². The van der Waals surface area contributed by atoms with Gasteiger partial charge < -0.3 is 4.74 Å². The maximum Gasteiger partial charge on any atom is 0.573 e. The molecule has 2 aromatic rings. The first-order valence-electron chi connectivity index (χ1n) is 5.27. The van der Waals surface area contributed by atoms with Crippen LogP contribution < -0.4 is 4.74 Å². The van der Waals surface area contributed by atoms with Crippen molar-refractivity contribution in [1.29, 1.82) is 0 Å². The Morgan fingerprint density at radius 2 is 1.35 bits per heavy atom. The molecular formula is C13H6Cl3F3O. The molecule has 0 aliphatic carbocycles. The third-order valence-corrected chi connectivity index (χ3v) is 3.44. The Morgan fingerprint density at radius 1 is 0.800 bits per heavy atom. The molecule has 0 saturated heterocycles. The van der Waals surface area contributed by atoms with Crippen LogP contribution in [0.15, 0.2) is 36.4 Å². The summed E-state index contributed by atoms with van der Waals surface area (Å²) in [4.78, 5) is 0. The fourth-order valence-corrected chi connectivity index (χ4v) is 2.24. The molecule has 0 fully saturated rings. The highest BCUT2D eigenvalue weighted by atomic mass is 35.5. The van der Waals surface area contributed by atoms with Gasteiger partial charge in [0.1, 0.15) is 5.75 Å². The molecule has 0 aliphatic heterocycles. The van der Waals surface area contributed by atoms with Gasteiger partial charge in [-0.2, -0.15) is 0 Å². The molecule has 0 aliphatic rings. The lowest BCUT2D eigenvalue weighted by Crippen LogP contribution is -2.16. The van der Waals surface area contributed by atoms with Gasteiger partial charge in [0, 0.05) is 10.6 Å². The molecule has 0 radical (unpaired) electrons. The number of rotatable bonds is 2. The highest BCUT2D eigenvalue weighted by Gasteiger charge is 2.30. The molecule has 0 bridgehead atoms. The van der Waals surface area contributed by atoms with Crippen LogP contribution in [0.4, 0.5) is 13.2 Å². The molecule has 0 unspecified atom stereocenters. The predicted molar refractivity (Wildman–Crippen MR) is 73.6 cm³/mol. The van der Waals surface area contributed by atoms with Gasteiger partial charge in [0.15, 0.2) is 0 Å². The van der Waals surface area contributed by atoms with E-state index in [-0.39, 0.29) is 5.75 Å². The maximum absolute atomic E-state index is 12.1. The van der Waals surface area contributed by atoms with Gasteiger partial charge in [0.25, 0.3) is 0 Å². The van der Waals surface area contributed by atoms with Crippen molar-refractivity contribution in [2.75, 3.05) is 0 Å². The van der Waals surface area contributed by atoms with Gasteiger partial charge in [-0.1, -0.05) is 46.9 Å². The van der Waals surface area contributed by atoms with Gasteiger partial charge >= 0.3 is 6.36 Å². The molecule has 20 heavy (non-hydrogen) atoms. The van der Waals surface area contributed by atoms with Crippen LogP contribution in [-0.4, -0.2) is 6.36 Å². The first-order valence-corrected chi connectivity index (χ1v) is 6.40. The minimum absolute atomic E-state index is 0.303. The fraction of sp³-hybridized carbons (Fsp3) is 0.0769. The van der Waals surface area contributed by atoms with E-state index < -0.39 is 6.36 Å². The third-order valence-electron chi connectivity index (χ3n) is 2.41. The van der Waals surface area contributed by atoms with Crippen LogP contribution in [0.2, 0.25) is 15.1 Å². The Labute approximate surface area is 127 Å². The summed E-state index contributed by atoms with van der Waals surface area (Å²) in [6.45, 7) is 0. The number of alkyl halides is 3. The average molecular weight is 342 g/mol. The largest absolute Gasteiger partial charge is 0.573 e. The summed E-state index contributed by atoms with van der Waals surface area (Å²) in [6.07, 6.45) is -4.72. The van der Waals surface area contributed by atoms with Gasteiger partial charge in [-0.25, -0.2) is 0 Å². The second-order valence-electron chi connectivity index (χ2n) is 3.82. The SMILES string of the molecule is FC(F)(F)Oc1ccc(-c2cc(Cl)c(Cl)cc2Cl)cc1. The van der Waals surface area contributed by atoms with Crippen LogP contribution >= 0.6 is 34.8 Å². The minimum atomic E-state index is -4.72. The van der Waals surface area contributed by atoms with Crippen molar-refractivity contribution in [3.63, 3.8) is 0 Å². The number of ether oxygens (including phenoxy) is 1. The summed E-state index contributed by atoms with van der Waals surface area (Å²) in [6, 6.07) is 8.31. The summed E-state index contributed by atoms with van der Waals surface area (Å²) >= 11 is 17.7. The fourth-order valence-electron chi connectivity index (χ4n) is 1.58. The Kier molecular flexibility index (Phi) is 4.37. The van der Waals surface area contributed by atoms with Gasteiger partial charge in [0.2, 0.25) is 0 Å². The van der Waals surface area contributed by atoms with Crippen molar-refractivity contribution in [2.24, 2.45) is 0 Å². The zero-order chi connectivity index (χ0) is 14.9. The Morgan fingerprint density at radius 3 is 1.90 bits per heavy atom. The van der Waals surface area contributed by atoms with Gasteiger partial charge in [0.05, 0.1) is 10.0 Å². The normalized spacial score (nSPS) is 11.5. The zero-order valence-corrected chi connectivity index (χ0v) is 11.9. The van der Waals surface area contributed by atoms with E-state index in [4.69, 9.17) is 34.8 Å². The van der Waals surface area contributed by atoms with Crippen molar-refractivity contribution >= 4 is 34.8 Å². The first-order chi connectivity index (χ1) is 9.26. The molecule has 2 rings (SSSR count). The van der Waals surface area contributed by atoms with E-state index in [1.807, 2.05) is 0 Å². The monoisotopic (exact) mass is 340 g/mol. The van der Waals surface area contributed by atoms with Gasteiger partial charge in [-0.05, 0) is 29.8 Å². The number of benzene rings is 2. The van der Waals surface area contributed by atoms with Crippen LogP contribution in [0.25, 0.3) is 11.1 Å². The number of halogens is 6. The van der Waals surface area contributed by atoms with E-state index in [1.54, 1.807) is 6.07 Å². The van der Waals surface area contributed by atoms with E-state index in [1.165, 1.54) is 30.3 Å². The second-order valence-corrected chi connectivity index (χ2v) is 5.04. The summed E-state index contributed by atoms with van der Waals surface area (Å²) in [7, 11) is 0. The molecule has 106 valence electrons. The van der Waals surface area contributed by atoms with Crippen molar-refractivity contribution in [3.8, 4) is 16.9 Å². The standard InChI is InChI=1S/C13H6Cl3F3O/c14-10-6-12(16)11(15)5-9(10)7-1-3-8(4-2-7)20-13(17,18)19/h1-6H. The number of hydrogen-bond acceptors (Lipinski definition) is 1. The Balaban J connectivity index is 2.33. The molecule has 1 nitrogen and oxygen atoms in total. The van der Waals surface area contributed by atoms with Crippen molar-refractivity contribution in [1.82, 2.24) is 0 Å². The van der Waals surface area contributed by atoms with Crippen molar-refractivity contribution in [2.45, 2.75) is 6.36 Å². The lowest BCUT2D eigenvalue weighted by Gasteiger charge is -2.10. The summed E-state index contributed by atoms with van der Waals surface area (Å²) in [5.41, 5.74) is 1.17. The Hall–Kier alpha value is -1.10. The topological polar surface area (TPSA) is 9.23 Å². The van der Waals surface area contributed by atoms with E-state index >= 15 is 0 Å². The first kappa shape index (κ1) is 15.3. The van der Waals surface area contributed by atoms with Crippen LogP contribution in [-0.2, 0) is 0 Å². The van der Waals surface area contributed by atoms with Crippen LogP contribution in [0.3, 0.4) is 0 Å². The smallest absolute Gasteiger partial charge is 0.406 e. The van der Waals surface area contributed by atoms with E-state index in [0.29, 0.717) is 26.2 Å². The lowest BCUT2D eigenvalue weighted by molar-refractivity contribution is -0.274. The van der Waals surface area contributed by atoms with E-state index in [2.05, 4.69) is 4.74 Å². The summed E-state index contributed by atoms with van der Waals surface area (Å²) < 4.78 is 39.9. The molecule has 0 N–H and O–H groups in total. The van der Waals surface area contributed by atoms with Crippen molar-refractivity contribution < 1.29 is 17.9 Å². The summed E-state index contributed by atoms with van der Waals surface area (Å²) in [5.74, 6) is -0.308. The van der Waals surface area contributed by atoms with E-state index in [9.17, 15) is 13.2 Å². The number of hydrogen-bond donors (Lipinski definition) is 0. The average Bonchev–Trinajstić information content (AvgIpc) is 2.33. The van der Waals surface area contributed by atoms with Crippen LogP contribution in [0.5, 0.6) is 5.75 Å². The molecular weight excluding hydrogens is 335 g/mol. The molecule has 0 heterocycles. The van der Waals surface area contributed by atoms with Crippen molar-refractivity contribution in [3.05, 3.63) is 51.5 Å². The third kappa shape index (κ3) is 3.72. The Bertz CT molecular complexity index is 624. The molecule has 7 heteroatoms. The maximum atomic E-state index is 12.1. The molecule has 0 spiro atoms.